The summed E-state index contributed by atoms with van der Waals surface area (Å²) in [4.78, 5) is 28.3. The molecule has 0 unspecified atom stereocenters. The highest BCUT2D eigenvalue weighted by Gasteiger charge is 2.26. The highest BCUT2D eigenvalue weighted by molar-refractivity contribution is 5.90. The Kier molecular flexibility index (Phi) is 7.12. The van der Waals surface area contributed by atoms with Crippen molar-refractivity contribution in [3.8, 4) is 22.5 Å². The van der Waals surface area contributed by atoms with Crippen molar-refractivity contribution in [3.63, 3.8) is 0 Å². The summed E-state index contributed by atoms with van der Waals surface area (Å²) in [6.07, 6.45) is 2.51. The first-order chi connectivity index (χ1) is 16.7. The maximum atomic E-state index is 13.7. The van der Waals surface area contributed by atoms with Gasteiger partial charge in [0, 0.05) is 42.3 Å². The van der Waals surface area contributed by atoms with E-state index in [1.165, 1.54) is 19.1 Å². The predicted octanol–water partition coefficient (Wildman–Crippen LogP) is 4.98. The number of esters is 1. The van der Waals surface area contributed by atoms with Crippen molar-refractivity contribution in [1.29, 1.82) is 0 Å². The second-order valence-corrected chi connectivity index (χ2v) is 8.92. The molecule has 7 nitrogen and oxygen atoms in total. The van der Waals surface area contributed by atoms with E-state index in [9.17, 15) is 19.1 Å². The first-order valence-corrected chi connectivity index (χ1v) is 11.5. The van der Waals surface area contributed by atoms with E-state index in [0.29, 0.717) is 17.8 Å². The summed E-state index contributed by atoms with van der Waals surface area (Å²) in [5.74, 6) is -0.186. The van der Waals surface area contributed by atoms with Crippen LogP contribution in [0.25, 0.3) is 28.7 Å². The van der Waals surface area contributed by atoms with Gasteiger partial charge in [-0.3, -0.25) is 9.59 Å². The second-order valence-electron chi connectivity index (χ2n) is 8.92. The van der Waals surface area contributed by atoms with Gasteiger partial charge in [0.2, 0.25) is 5.91 Å². The van der Waals surface area contributed by atoms with Gasteiger partial charge in [0.05, 0.1) is 23.9 Å². The fraction of sp³-hybridized carbons (Fsp3) is 0.296. The standard InChI is InChI=1S/C27H28FN3O4/c1-16(2)27-30-25(19-5-4-6-21(13-19)29-17(3)32)26(18-7-9-20(28)10-8-18)31(27)12-11-23-14-22(33)15-24(34)35-23/h4-13,16,22-23,33H,14-15H2,1-3H3,(H,29,32)/t22-,23-/m1/s1. The molecule has 0 saturated carbocycles. The molecule has 1 saturated heterocycles. The Bertz CT molecular complexity index is 1260. The molecule has 182 valence electrons. The molecule has 2 N–H and O–H groups in total. The first-order valence-electron chi connectivity index (χ1n) is 11.5. The van der Waals surface area contributed by atoms with Crippen LogP contribution >= 0.6 is 0 Å². The quantitative estimate of drug-likeness (QED) is 0.489. The summed E-state index contributed by atoms with van der Waals surface area (Å²) in [5, 5.41) is 12.8. The molecule has 3 aromatic rings. The fourth-order valence-corrected chi connectivity index (χ4v) is 4.15. The molecule has 35 heavy (non-hydrogen) atoms. The minimum Gasteiger partial charge on any atom is -0.458 e. The van der Waals surface area contributed by atoms with Gasteiger partial charge in [-0.2, -0.15) is 0 Å². The third-order valence-corrected chi connectivity index (χ3v) is 5.67. The Morgan fingerprint density at radius 1 is 1.23 bits per heavy atom. The summed E-state index contributed by atoms with van der Waals surface area (Å²) < 4.78 is 21.0. The van der Waals surface area contributed by atoms with Crippen LogP contribution in [-0.4, -0.2) is 38.7 Å². The number of carbonyl (C=O) groups excluding carboxylic acids is 2. The molecule has 1 aromatic heterocycles. The highest BCUT2D eigenvalue weighted by Crippen LogP contribution is 2.36. The summed E-state index contributed by atoms with van der Waals surface area (Å²) in [6, 6.07) is 13.5. The summed E-state index contributed by atoms with van der Waals surface area (Å²) >= 11 is 0. The van der Waals surface area contributed by atoms with Crippen LogP contribution in [0.2, 0.25) is 0 Å². The number of aliphatic hydroxyl groups excluding tert-OH is 1. The van der Waals surface area contributed by atoms with Crippen LogP contribution in [0.1, 0.15) is 45.4 Å². The summed E-state index contributed by atoms with van der Waals surface area (Å²) in [5.41, 5.74) is 3.56. The van der Waals surface area contributed by atoms with Gasteiger partial charge in [-0.15, -0.1) is 0 Å². The number of anilines is 1. The molecular weight excluding hydrogens is 449 g/mol. The monoisotopic (exact) mass is 477 g/mol. The van der Waals surface area contributed by atoms with Crippen molar-refractivity contribution in [3.05, 3.63) is 66.2 Å². The average Bonchev–Trinajstić information content (AvgIpc) is 3.17. The number of aliphatic hydroxyl groups is 1. The SMILES string of the molecule is CC(=O)Nc1cccc(-c2nc(C(C)C)n(C=C[C@@H]3C[C@@H](O)CC(=O)O3)c2-c2ccc(F)cc2)c1. The molecule has 0 aliphatic carbocycles. The number of benzene rings is 2. The molecule has 2 heterocycles. The molecular formula is C27H28FN3O4. The third kappa shape index (κ3) is 5.66. The third-order valence-electron chi connectivity index (χ3n) is 5.67. The lowest BCUT2D eigenvalue weighted by Crippen LogP contribution is -2.31. The molecule has 0 bridgehead atoms. The normalized spacial score (nSPS) is 18.2. The molecule has 0 radical (unpaired) electrons. The van der Waals surface area contributed by atoms with Crippen molar-refractivity contribution in [2.45, 2.75) is 51.7 Å². The number of cyclic esters (lactones) is 1. The van der Waals surface area contributed by atoms with Crippen molar-refractivity contribution in [2.75, 3.05) is 5.32 Å². The van der Waals surface area contributed by atoms with Crippen LogP contribution in [-0.2, 0) is 14.3 Å². The van der Waals surface area contributed by atoms with E-state index in [0.717, 1.165) is 22.6 Å². The van der Waals surface area contributed by atoms with Gasteiger partial charge in [-0.05, 0) is 42.5 Å². The minimum atomic E-state index is -0.748. The number of hydrogen-bond donors (Lipinski definition) is 2. The Morgan fingerprint density at radius 2 is 1.97 bits per heavy atom. The maximum absolute atomic E-state index is 13.7. The van der Waals surface area contributed by atoms with Gasteiger partial charge in [-0.1, -0.05) is 26.0 Å². The van der Waals surface area contributed by atoms with Crippen molar-refractivity contribution in [1.82, 2.24) is 9.55 Å². The Balaban J connectivity index is 1.87. The lowest BCUT2D eigenvalue weighted by atomic mass is 10.0. The zero-order chi connectivity index (χ0) is 25.1. The molecule has 2 aromatic carbocycles. The largest absolute Gasteiger partial charge is 0.458 e. The number of carbonyl (C=O) groups is 2. The van der Waals surface area contributed by atoms with Crippen molar-refractivity contribution in [2.24, 2.45) is 0 Å². The number of nitrogens with zero attached hydrogens (tertiary/aromatic N) is 2. The van der Waals surface area contributed by atoms with E-state index in [1.807, 2.05) is 36.6 Å². The van der Waals surface area contributed by atoms with Gasteiger partial charge in [0.25, 0.3) is 0 Å². The van der Waals surface area contributed by atoms with Crippen LogP contribution < -0.4 is 5.32 Å². The van der Waals surface area contributed by atoms with Crippen LogP contribution in [0.4, 0.5) is 10.1 Å². The number of imidazole rings is 1. The first kappa shape index (κ1) is 24.3. The second kappa shape index (κ2) is 10.2. The van der Waals surface area contributed by atoms with Gasteiger partial charge < -0.3 is 19.7 Å². The smallest absolute Gasteiger partial charge is 0.309 e. The Morgan fingerprint density at radius 3 is 2.63 bits per heavy atom. The van der Waals surface area contributed by atoms with Gasteiger partial charge in [0.1, 0.15) is 17.7 Å². The van der Waals surface area contributed by atoms with E-state index in [4.69, 9.17) is 9.72 Å². The number of halogens is 1. The van der Waals surface area contributed by atoms with Crippen LogP contribution in [0.5, 0.6) is 0 Å². The molecule has 4 rings (SSSR count). The molecule has 1 aliphatic rings. The topological polar surface area (TPSA) is 93.5 Å². The number of hydrogen-bond acceptors (Lipinski definition) is 5. The maximum Gasteiger partial charge on any atom is 0.309 e. The van der Waals surface area contributed by atoms with Crippen LogP contribution in [0.15, 0.2) is 54.6 Å². The van der Waals surface area contributed by atoms with E-state index in [2.05, 4.69) is 5.32 Å². The van der Waals surface area contributed by atoms with E-state index in [1.54, 1.807) is 30.5 Å². The number of aromatic nitrogens is 2. The zero-order valence-electron chi connectivity index (χ0n) is 19.9. The number of amides is 1. The lowest BCUT2D eigenvalue weighted by Gasteiger charge is -2.23. The Hall–Kier alpha value is -3.78. The molecule has 8 heteroatoms. The number of ether oxygens (including phenoxy) is 1. The van der Waals surface area contributed by atoms with E-state index in [-0.39, 0.29) is 24.1 Å². The molecule has 2 atom stereocenters. The highest BCUT2D eigenvalue weighted by atomic mass is 19.1. The predicted molar refractivity (Wildman–Crippen MR) is 132 cm³/mol. The number of nitrogens with one attached hydrogen (secondary N) is 1. The lowest BCUT2D eigenvalue weighted by molar-refractivity contribution is -0.156. The molecule has 1 amide bonds. The zero-order valence-corrected chi connectivity index (χ0v) is 19.9. The van der Waals surface area contributed by atoms with Gasteiger partial charge >= 0.3 is 5.97 Å². The minimum absolute atomic E-state index is 0.0116. The molecule has 1 fully saturated rings. The summed E-state index contributed by atoms with van der Waals surface area (Å²) in [6.45, 7) is 5.48. The summed E-state index contributed by atoms with van der Waals surface area (Å²) in [7, 11) is 0. The van der Waals surface area contributed by atoms with E-state index >= 15 is 0 Å². The fourth-order valence-electron chi connectivity index (χ4n) is 4.15. The average molecular weight is 478 g/mol. The number of rotatable bonds is 6. The van der Waals surface area contributed by atoms with E-state index < -0.39 is 18.2 Å². The van der Waals surface area contributed by atoms with Gasteiger partial charge in [-0.25, -0.2) is 9.37 Å². The van der Waals surface area contributed by atoms with Crippen molar-refractivity contribution >= 4 is 23.8 Å². The van der Waals surface area contributed by atoms with Crippen LogP contribution in [0, 0.1) is 5.82 Å². The van der Waals surface area contributed by atoms with Crippen LogP contribution in [0.3, 0.4) is 0 Å². The van der Waals surface area contributed by atoms with Crippen molar-refractivity contribution < 1.29 is 23.8 Å². The Labute approximate surface area is 203 Å². The molecule has 0 spiro atoms. The molecule has 1 aliphatic heterocycles. The van der Waals surface area contributed by atoms with Gasteiger partial charge in [0.15, 0.2) is 0 Å².